The normalized spacial score (nSPS) is 26.3. The van der Waals surface area contributed by atoms with E-state index in [2.05, 4.69) is 52.8 Å². The Balaban J connectivity index is 1.94. The van der Waals surface area contributed by atoms with Gasteiger partial charge in [-0.3, -0.25) is 0 Å². The third-order valence-corrected chi connectivity index (χ3v) is 5.23. The second kappa shape index (κ2) is 8.16. The number of ether oxygens (including phenoxy) is 1. The van der Waals surface area contributed by atoms with E-state index in [4.69, 9.17) is 4.74 Å². The van der Waals surface area contributed by atoms with Crippen LogP contribution in [0, 0.1) is 6.92 Å². The maximum atomic E-state index is 10.5. The first-order valence-electron chi connectivity index (χ1n) is 9.15. The Labute approximate surface area is 141 Å². The number of rotatable bonds is 6. The number of hydrogen-bond donors (Lipinski definition) is 2. The van der Waals surface area contributed by atoms with Gasteiger partial charge in [0.25, 0.3) is 0 Å². The van der Waals surface area contributed by atoms with E-state index in [1.54, 1.807) is 0 Å². The molecule has 0 saturated carbocycles. The minimum atomic E-state index is -0.409. The van der Waals surface area contributed by atoms with Crippen LogP contribution in [0.5, 0.6) is 5.75 Å². The van der Waals surface area contributed by atoms with Crippen LogP contribution >= 0.6 is 0 Å². The Bertz CT molecular complexity index is 490. The molecule has 1 heterocycles. The molecule has 0 amide bonds. The number of quaternary nitrogens is 1. The van der Waals surface area contributed by atoms with Crippen molar-refractivity contribution < 1.29 is 14.7 Å². The summed E-state index contributed by atoms with van der Waals surface area (Å²) in [4.78, 5) is 1.53. The zero-order valence-electron chi connectivity index (χ0n) is 15.4. The molecule has 0 aromatic heterocycles. The molecule has 1 unspecified atom stereocenters. The SMILES string of the molecule is Cc1ccc(C(C)C)c(OC[C@H](O)C[NH+]2[C@H](C)CCC[C@@H]2C)c1. The number of nitrogens with one attached hydrogen (secondary N) is 1. The standard InChI is InChI=1S/C20H33NO2/c1-14(2)19-10-9-15(3)11-20(19)23-13-18(22)12-21-16(4)7-6-8-17(21)5/h9-11,14,16-18,22H,6-8,12-13H2,1-5H3/p+1/t16-,17+,18-/m1/s1. The molecule has 0 radical (unpaired) electrons. The molecule has 0 aliphatic carbocycles. The lowest BCUT2D eigenvalue weighted by molar-refractivity contribution is -0.954. The molecular formula is C20H34NO2+. The van der Waals surface area contributed by atoms with Crippen molar-refractivity contribution in [2.24, 2.45) is 0 Å². The lowest BCUT2D eigenvalue weighted by Crippen LogP contribution is -3.20. The van der Waals surface area contributed by atoms with Crippen LogP contribution < -0.4 is 9.64 Å². The van der Waals surface area contributed by atoms with E-state index in [0.717, 1.165) is 12.3 Å². The van der Waals surface area contributed by atoms with E-state index in [1.165, 1.54) is 35.3 Å². The van der Waals surface area contributed by atoms with Crippen LogP contribution in [0.1, 0.15) is 64.0 Å². The van der Waals surface area contributed by atoms with E-state index in [0.29, 0.717) is 24.6 Å². The van der Waals surface area contributed by atoms with Crippen molar-refractivity contribution in [3.05, 3.63) is 29.3 Å². The molecule has 0 bridgehead atoms. The number of benzene rings is 1. The van der Waals surface area contributed by atoms with Crippen LogP contribution in [-0.2, 0) is 0 Å². The van der Waals surface area contributed by atoms with Gasteiger partial charge in [-0.25, -0.2) is 0 Å². The van der Waals surface area contributed by atoms with Crippen LogP contribution in [0.4, 0.5) is 0 Å². The Hall–Kier alpha value is -1.06. The Morgan fingerprint density at radius 3 is 2.48 bits per heavy atom. The van der Waals surface area contributed by atoms with Gasteiger partial charge in [-0.2, -0.15) is 0 Å². The van der Waals surface area contributed by atoms with Crippen molar-refractivity contribution in [2.45, 2.75) is 78.0 Å². The summed E-state index contributed by atoms with van der Waals surface area (Å²) >= 11 is 0. The van der Waals surface area contributed by atoms with E-state index in [1.807, 2.05) is 0 Å². The Morgan fingerprint density at radius 2 is 1.87 bits per heavy atom. The average molecular weight is 320 g/mol. The smallest absolute Gasteiger partial charge is 0.137 e. The van der Waals surface area contributed by atoms with E-state index >= 15 is 0 Å². The Kier molecular flexibility index (Phi) is 6.49. The molecule has 1 aliphatic rings. The summed E-state index contributed by atoms with van der Waals surface area (Å²) in [5.41, 5.74) is 2.41. The fourth-order valence-electron chi connectivity index (χ4n) is 3.75. The molecule has 4 atom stereocenters. The predicted molar refractivity (Wildman–Crippen MR) is 95.4 cm³/mol. The zero-order valence-corrected chi connectivity index (χ0v) is 15.4. The van der Waals surface area contributed by atoms with Crippen LogP contribution in [0.25, 0.3) is 0 Å². The van der Waals surface area contributed by atoms with Crippen molar-refractivity contribution in [2.75, 3.05) is 13.2 Å². The summed E-state index contributed by atoms with van der Waals surface area (Å²) in [6.45, 7) is 12.2. The molecule has 23 heavy (non-hydrogen) atoms. The predicted octanol–water partition coefficient (Wildman–Crippen LogP) is 2.70. The van der Waals surface area contributed by atoms with Gasteiger partial charge in [0.2, 0.25) is 0 Å². The van der Waals surface area contributed by atoms with Crippen molar-refractivity contribution >= 4 is 0 Å². The van der Waals surface area contributed by atoms with E-state index in [9.17, 15) is 5.11 Å². The van der Waals surface area contributed by atoms with Gasteiger partial charge in [0.05, 0.1) is 12.1 Å². The molecule has 1 aromatic carbocycles. The number of aliphatic hydroxyl groups is 1. The highest BCUT2D eigenvalue weighted by molar-refractivity contribution is 5.39. The molecule has 1 aromatic rings. The third-order valence-electron chi connectivity index (χ3n) is 5.23. The largest absolute Gasteiger partial charge is 0.490 e. The van der Waals surface area contributed by atoms with Gasteiger partial charge in [-0.1, -0.05) is 26.0 Å². The maximum absolute atomic E-state index is 10.5. The number of aliphatic hydroxyl groups excluding tert-OH is 1. The highest BCUT2D eigenvalue weighted by atomic mass is 16.5. The fraction of sp³-hybridized carbons (Fsp3) is 0.700. The fourth-order valence-corrected chi connectivity index (χ4v) is 3.75. The highest BCUT2D eigenvalue weighted by Gasteiger charge is 2.30. The van der Waals surface area contributed by atoms with Gasteiger partial charge >= 0.3 is 0 Å². The van der Waals surface area contributed by atoms with Crippen molar-refractivity contribution in [3.63, 3.8) is 0 Å². The molecule has 1 fully saturated rings. The summed E-state index contributed by atoms with van der Waals surface area (Å²) < 4.78 is 5.99. The molecular weight excluding hydrogens is 286 g/mol. The molecule has 0 spiro atoms. The van der Waals surface area contributed by atoms with Gasteiger partial charge in [-0.05, 0) is 63.1 Å². The summed E-state index contributed by atoms with van der Waals surface area (Å²) in [7, 11) is 0. The molecule has 3 heteroatoms. The minimum Gasteiger partial charge on any atom is -0.490 e. The van der Waals surface area contributed by atoms with E-state index < -0.39 is 6.10 Å². The third kappa shape index (κ3) is 4.95. The lowest BCUT2D eigenvalue weighted by Gasteiger charge is -2.36. The quantitative estimate of drug-likeness (QED) is 0.845. The summed E-state index contributed by atoms with van der Waals surface area (Å²) in [6, 6.07) is 7.63. The molecule has 1 aliphatic heterocycles. The zero-order chi connectivity index (χ0) is 17.0. The van der Waals surface area contributed by atoms with Gasteiger partial charge in [0.1, 0.15) is 25.0 Å². The first kappa shape index (κ1) is 18.3. The molecule has 130 valence electrons. The first-order chi connectivity index (χ1) is 10.9. The maximum Gasteiger partial charge on any atom is 0.137 e. The van der Waals surface area contributed by atoms with Gasteiger partial charge in [0.15, 0.2) is 0 Å². The average Bonchev–Trinajstić information content (AvgIpc) is 2.49. The van der Waals surface area contributed by atoms with Crippen LogP contribution in [0.15, 0.2) is 18.2 Å². The highest BCUT2D eigenvalue weighted by Crippen LogP contribution is 2.27. The van der Waals surface area contributed by atoms with Gasteiger partial charge in [0, 0.05) is 0 Å². The lowest BCUT2D eigenvalue weighted by atomic mass is 9.97. The number of likely N-dealkylation sites (tertiary alicyclic amines) is 1. The monoisotopic (exact) mass is 320 g/mol. The summed E-state index contributed by atoms with van der Waals surface area (Å²) in [5.74, 6) is 1.35. The summed E-state index contributed by atoms with van der Waals surface area (Å²) in [5, 5.41) is 10.5. The second-order valence-corrected chi connectivity index (χ2v) is 7.67. The van der Waals surface area contributed by atoms with Crippen molar-refractivity contribution in [1.29, 1.82) is 0 Å². The topological polar surface area (TPSA) is 33.9 Å². The van der Waals surface area contributed by atoms with Crippen LogP contribution in [-0.4, -0.2) is 36.4 Å². The van der Waals surface area contributed by atoms with E-state index in [-0.39, 0.29) is 0 Å². The van der Waals surface area contributed by atoms with Gasteiger partial charge in [-0.15, -0.1) is 0 Å². The second-order valence-electron chi connectivity index (χ2n) is 7.67. The summed E-state index contributed by atoms with van der Waals surface area (Å²) in [6.07, 6.45) is 3.44. The molecule has 1 saturated heterocycles. The molecule has 2 rings (SSSR count). The van der Waals surface area contributed by atoms with Crippen LogP contribution in [0.3, 0.4) is 0 Å². The minimum absolute atomic E-state index is 0.381. The van der Waals surface area contributed by atoms with Crippen molar-refractivity contribution in [3.8, 4) is 5.75 Å². The number of hydrogen-bond acceptors (Lipinski definition) is 2. The molecule has 2 N–H and O–H groups in total. The molecule has 3 nitrogen and oxygen atoms in total. The first-order valence-corrected chi connectivity index (χ1v) is 9.15. The number of aryl methyl sites for hydroxylation is 1. The van der Waals surface area contributed by atoms with Crippen LogP contribution in [0.2, 0.25) is 0 Å². The van der Waals surface area contributed by atoms with Crippen molar-refractivity contribution in [1.82, 2.24) is 0 Å². The number of piperidine rings is 1. The Morgan fingerprint density at radius 1 is 1.22 bits per heavy atom. The van der Waals surface area contributed by atoms with Gasteiger partial charge < -0.3 is 14.7 Å².